The molecule has 15 nitrogen and oxygen atoms in total. The average molecular weight is 770 g/mol. The van der Waals surface area contributed by atoms with Gasteiger partial charge in [-0.25, -0.2) is 0 Å². The standard InChI is InChI=1S/C40H51NO14/c1-7-40(49)16-27(32-22(39(40)48)13-21-33(36(32)47)35(46)31-20(34(21)45)9-8-10-25(31)43)53-29-14-23(41(5)6)37(18(3)51-29)55-30-15-26(44)38(19(4)52-30)54-28-12-11-24(42)17(2)50-28/h8-10,13,17-19,23,26-30,37-39,43-44,47-49H,7,11-12,14-16H2,1-6H3/t17?,18?,19?,23-,26-,27?,28?,29?,30?,37?,38?,39?,40+/m0/s1. The highest BCUT2D eigenvalue weighted by Gasteiger charge is 2.51. The lowest BCUT2D eigenvalue weighted by Gasteiger charge is -2.48. The maximum atomic E-state index is 13.8. The van der Waals surface area contributed by atoms with Crippen molar-refractivity contribution in [3.63, 3.8) is 0 Å². The minimum atomic E-state index is -1.71. The second-order valence-corrected chi connectivity index (χ2v) is 15.7. The van der Waals surface area contributed by atoms with Crippen LogP contribution in [-0.2, 0) is 33.2 Å². The topological polar surface area (TPSA) is 211 Å². The van der Waals surface area contributed by atoms with Crippen LogP contribution in [-0.4, -0.2) is 129 Å². The molecule has 15 heteroatoms. The van der Waals surface area contributed by atoms with Crippen molar-refractivity contribution in [2.45, 2.75) is 146 Å². The molecule has 2 aromatic carbocycles. The maximum Gasteiger partial charge on any atom is 0.201 e. The van der Waals surface area contributed by atoms with Crippen molar-refractivity contribution in [1.82, 2.24) is 4.90 Å². The molecule has 5 aliphatic rings. The molecule has 3 saturated heterocycles. The summed E-state index contributed by atoms with van der Waals surface area (Å²) in [6, 6.07) is 5.16. The lowest BCUT2D eigenvalue weighted by Crippen LogP contribution is -2.58. The summed E-state index contributed by atoms with van der Waals surface area (Å²) in [7, 11) is 3.76. The Bertz CT molecular complexity index is 1820. The number of hydrogen-bond donors (Lipinski definition) is 5. The number of Topliss-reactive ketones (excluding diaryl/α,β-unsaturated/α-hetero) is 1. The summed E-state index contributed by atoms with van der Waals surface area (Å²) in [6.07, 6.45) is -7.77. The van der Waals surface area contributed by atoms with E-state index < -0.39 is 96.4 Å². The first-order valence-electron chi connectivity index (χ1n) is 19.0. The monoisotopic (exact) mass is 769 g/mol. The molecule has 2 aromatic rings. The van der Waals surface area contributed by atoms with Crippen molar-refractivity contribution in [2.24, 2.45) is 0 Å². The van der Waals surface area contributed by atoms with Gasteiger partial charge in [-0.2, -0.15) is 0 Å². The van der Waals surface area contributed by atoms with Crippen molar-refractivity contribution in [2.75, 3.05) is 14.1 Å². The Morgan fingerprint density at radius 1 is 0.855 bits per heavy atom. The van der Waals surface area contributed by atoms with Gasteiger partial charge in [0.25, 0.3) is 0 Å². The molecule has 3 fully saturated rings. The first-order chi connectivity index (χ1) is 26.0. The number of carbonyl (C=O) groups is 3. The highest BCUT2D eigenvalue weighted by Crippen LogP contribution is 2.53. The second-order valence-electron chi connectivity index (χ2n) is 15.7. The molecule has 7 rings (SSSR count). The van der Waals surface area contributed by atoms with Crippen molar-refractivity contribution >= 4 is 17.3 Å². The van der Waals surface area contributed by atoms with Crippen molar-refractivity contribution < 1.29 is 68.3 Å². The van der Waals surface area contributed by atoms with Crippen molar-refractivity contribution in [3.8, 4) is 11.5 Å². The summed E-state index contributed by atoms with van der Waals surface area (Å²) in [5.74, 6) is -2.33. The van der Waals surface area contributed by atoms with E-state index in [-0.39, 0.29) is 70.9 Å². The number of rotatable bonds is 8. The number of ketones is 3. The highest BCUT2D eigenvalue weighted by molar-refractivity contribution is 6.30. The Morgan fingerprint density at radius 3 is 2.18 bits per heavy atom. The number of likely N-dealkylation sites (N-methyl/N-ethyl adjacent to an activating group) is 1. The molecule has 55 heavy (non-hydrogen) atoms. The van der Waals surface area contributed by atoms with E-state index in [1.54, 1.807) is 20.8 Å². The predicted molar refractivity (Wildman–Crippen MR) is 191 cm³/mol. The summed E-state index contributed by atoms with van der Waals surface area (Å²) in [6.45, 7) is 6.98. The zero-order chi connectivity index (χ0) is 39.7. The van der Waals surface area contributed by atoms with Crippen LogP contribution in [0.4, 0.5) is 0 Å². The van der Waals surface area contributed by atoms with E-state index in [9.17, 15) is 39.9 Å². The van der Waals surface area contributed by atoms with Gasteiger partial charge in [0.05, 0.1) is 41.1 Å². The van der Waals surface area contributed by atoms with E-state index in [2.05, 4.69) is 0 Å². The van der Waals surface area contributed by atoms with Crippen molar-refractivity contribution in [3.05, 3.63) is 57.6 Å². The number of nitrogens with zero attached hydrogens (tertiary/aromatic N) is 1. The van der Waals surface area contributed by atoms with Gasteiger partial charge in [0, 0.05) is 54.8 Å². The number of hydrogen-bond acceptors (Lipinski definition) is 15. The molecule has 5 N–H and O–H groups in total. The number of carbonyl (C=O) groups excluding carboxylic acids is 3. The van der Waals surface area contributed by atoms with E-state index in [4.69, 9.17) is 28.4 Å². The summed E-state index contributed by atoms with van der Waals surface area (Å²) in [5, 5.41) is 56.5. The number of aliphatic hydroxyl groups excluding tert-OH is 2. The third-order valence-electron chi connectivity index (χ3n) is 12.0. The molecule has 300 valence electrons. The van der Waals surface area contributed by atoms with Crippen molar-refractivity contribution in [1.29, 1.82) is 0 Å². The number of fused-ring (bicyclic) bond motifs is 3. The molecule has 0 bridgehead atoms. The summed E-state index contributed by atoms with van der Waals surface area (Å²) in [4.78, 5) is 41.2. The van der Waals surface area contributed by atoms with Gasteiger partial charge in [-0.3, -0.25) is 14.4 Å². The number of phenols is 2. The van der Waals surface area contributed by atoms with E-state index in [1.165, 1.54) is 24.3 Å². The van der Waals surface area contributed by atoms with E-state index in [1.807, 2.05) is 25.9 Å². The normalized spacial score (nSPS) is 37.7. The average Bonchev–Trinajstić information content (AvgIpc) is 3.13. The molecule has 2 aliphatic carbocycles. The molecule has 0 saturated carbocycles. The number of aromatic hydroxyl groups is 2. The Labute approximate surface area is 319 Å². The first-order valence-corrected chi connectivity index (χ1v) is 19.0. The molecule has 3 heterocycles. The number of benzene rings is 2. The van der Waals surface area contributed by atoms with Crippen LogP contribution in [0.3, 0.4) is 0 Å². The SMILES string of the molecule is CC[C@@]1(O)CC(OC2C[C@H](N(C)C)C(OC3C[C@H](O)C(OC4CCC(=O)C(C)O4)C(C)O3)C(C)O2)c2c(cc3c(c2O)C(=O)c2c(O)cccc2C3=O)C1O. The van der Waals surface area contributed by atoms with Gasteiger partial charge in [0.15, 0.2) is 30.4 Å². The Hall–Kier alpha value is -3.35. The van der Waals surface area contributed by atoms with Crippen LogP contribution in [0.25, 0.3) is 0 Å². The fourth-order valence-electron chi connectivity index (χ4n) is 8.78. The largest absolute Gasteiger partial charge is 0.507 e. The fourth-order valence-corrected chi connectivity index (χ4v) is 8.78. The number of phenolic OH excluding ortho intramolecular Hbond substituents is 2. The lowest BCUT2D eigenvalue weighted by atomic mass is 9.71. The molecule has 0 spiro atoms. The van der Waals surface area contributed by atoms with Gasteiger partial charge in [-0.05, 0) is 59.0 Å². The molecule has 0 amide bonds. The lowest BCUT2D eigenvalue weighted by molar-refractivity contribution is -0.325. The van der Waals surface area contributed by atoms with Crippen LogP contribution in [0.5, 0.6) is 11.5 Å². The second kappa shape index (κ2) is 15.2. The van der Waals surface area contributed by atoms with Gasteiger partial charge in [0.1, 0.15) is 35.9 Å². The van der Waals surface area contributed by atoms with Crippen LogP contribution in [0.15, 0.2) is 24.3 Å². The van der Waals surface area contributed by atoms with Crippen LogP contribution in [0.1, 0.15) is 121 Å². The van der Waals surface area contributed by atoms with E-state index in [0.717, 1.165) is 0 Å². The molecular formula is C40H51NO14. The third kappa shape index (κ3) is 7.13. The third-order valence-corrected chi connectivity index (χ3v) is 12.0. The number of ether oxygens (including phenoxy) is 6. The van der Waals surface area contributed by atoms with E-state index in [0.29, 0.717) is 12.8 Å². The van der Waals surface area contributed by atoms with Crippen LogP contribution >= 0.6 is 0 Å². The van der Waals surface area contributed by atoms with Crippen LogP contribution < -0.4 is 0 Å². The number of aliphatic hydroxyl groups is 3. The molecule has 0 aromatic heterocycles. The van der Waals surface area contributed by atoms with Crippen LogP contribution in [0, 0.1) is 0 Å². The summed E-state index contributed by atoms with van der Waals surface area (Å²) in [5.41, 5.74) is -2.33. The van der Waals surface area contributed by atoms with Crippen LogP contribution in [0.2, 0.25) is 0 Å². The van der Waals surface area contributed by atoms with Gasteiger partial charge >= 0.3 is 0 Å². The summed E-state index contributed by atoms with van der Waals surface area (Å²) < 4.78 is 37.3. The smallest absolute Gasteiger partial charge is 0.201 e. The fraction of sp³-hybridized carbons (Fsp3) is 0.625. The minimum absolute atomic E-state index is 0.0118. The Balaban J connectivity index is 1.10. The van der Waals surface area contributed by atoms with Gasteiger partial charge in [-0.15, -0.1) is 0 Å². The Morgan fingerprint density at radius 2 is 1.53 bits per heavy atom. The Kier molecular flexibility index (Phi) is 11.0. The first kappa shape index (κ1) is 39.9. The molecule has 10 unspecified atom stereocenters. The molecule has 3 aliphatic heterocycles. The zero-order valence-corrected chi connectivity index (χ0v) is 31.8. The zero-order valence-electron chi connectivity index (χ0n) is 31.8. The highest BCUT2D eigenvalue weighted by atomic mass is 16.7. The van der Waals surface area contributed by atoms with Gasteiger partial charge in [-0.1, -0.05) is 19.1 Å². The van der Waals surface area contributed by atoms with Gasteiger partial charge in [0.2, 0.25) is 5.78 Å². The van der Waals surface area contributed by atoms with Gasteiger partial charge < -0.3 is 58.9 Å². The molecule has 0 radical (unpaired) electrons. The quantitative estimate of drug-likeness (QED) is 0.223. The molecular weight excluding hydrogens is 718 g/mol. The van der Waals surface area contributed by atoms with E-state index >= 15 is 0 Å². The summed E-state index contributed by atoms with van der Waals surface area (Å²) >= 11 is 0. The maximum absolute atomic E-state index is 13.8. The minimum Gasteiger partial charge on any atom is -0.507 e. The predicted octanol–water partition coefficient (Wildman–Crippen LogP) is 2.93. The molecule has 13 atom stereocenters.